The summed E-state index contributed by atoms with van der Waals surface area (Å²) < 4.78 is 5.53. The molecular weight excluding hydrogens is 336 g/mol. The van der Waals surface area contributed by atoms with Crippen molar-refractivity contribution in [3.63, 3.8) is 0 Å². The lowest BCUT2D eigenvalue weighted by Gasteiger charge is -2.35. The van der Waals surface area contributed by atoms with E-state index < -0.39 is 0 Å². The minimum absolute atomic E-state index is 0.426. The molecule has 0 saturated carbocycles. The number of hydrogen-bond donors (Lipinski definition) is 0. The van der Waals surface area contributed by atoms with Gasteiger partial charge in [0.15, 0.2) is 0 Å². The Morgan fingerprint density at radius 1 is 1.11 bits per heavy atom. The highest BCUT2D eigenvalue weighted by molar-refractivity contribution is 5.48. The molecule has 1 atom stereocenters. The van der Waals surface area contributed by atoms with Crippen molar-refractivity contribution in [3.8, 4) is 0 Å². The first-order valence-corrected chi connectivity index (χ1v) is 9.90. The molecule has 2 fully saturated rings. The summed E-state index contributed by atoms with van der Waals surface area (Å²) in [4.78, 5) is 14.2. The quantitative estimate of drug-likeness (QED) is 0.815. The second kappa shape index (κ2) is 8.63. The third kappa shape index (κ3) is 4.73. The van der Waals surface area contributed by atoms with Gasteiger partial charge in [0.1, 0.15) is 11.6 Å². The van der Waals surface area contributed by atoms with Crippen molar-refractivity contribution in [2.75, 3.05) is 50.8 Å². The molecule has 142 valence electrons. The van der Waals surface area contributed by atoms with Crippen LogP contribution in [0.15, 0.2) is 42.5 Å². The fourth-order valence-electron chi connectivity index (χ4n) is 3.77. The van der Waals surface area contributed by atoms with E-state index in [9.17, 15) is 0 Å². The van der Waals surface area contributed by atoms with Crippen LogP contribution in [0.1, 0.15) is 29.4 Å². The largest absolute Gasteiger partial charge is 0.381 e. The molecule has 4 rings (SSSR count). The van der Waals surface area contributed by atoms with Gasteiger partial charge >= 0.3 is 0 Å². The minimum atomic E-state index is 0.426. The van der Waals surface area contributed by atoms with E-state index in [0.29, 0.717) is 5.92 Å². The molecule has 5 nitrogen and oxygen atoms in total. The molecule has 0 spiro atoms. The summed E-state index contributed by atoms with van der Waals surface area (Å²) in [6.45, 7) is 8.76. The van der Waals surface area contributed by atoms with Gasteiger partial charge in [0.25, 0.3) is 0 Å². The van der Waals surface area contributed by atoms with Crippen molar-refractivity contribution in [1.82, 2.24) is 14.9 Å². The number of aryl methyl sites for hydroxylation is 1. The predicted octanol–water partition coefficient (Wildman–Crippen LogP) is 3.12. The monoisotopic (exact) mass is 364 g/mol. The van der Waals surface area contributed by atoms with E-state index in [-0.39, 0.29) is 0 Å². The summed E-state index contributed by atoms with van der Waals surface area (Å²) >= 11 is 0. The lowest BCUT2D eigenvalue weighted by atomic mass is 10.0. The molecule has 1 aromatic heterocycles. The summed E-state index contributed by atoms with van der Waals surface area (Å²) in [5.41, 5.74) is 2.40. The molecule has 0 N–H and O–H groups in total. The van der Waals surface area contributed by atoms with Gasteiger partial charge in [-0.25, -0.2) is 9.97 Å². The number of benzene rings is 1. The van der Waals surface area contributed by atoms with Crippen LogP contribution in [0.5, 0.6) is 0 Å². The SMILES string of the molecule is Cc1nc([C@@H]2CCOC2)cc(N2CCN(C/C=C/c3ccccc3)CC2)n1. The molecule has 2 aromatic rings. The van der Waals surface area contributed by atoms with Gasteiger partial charge in [-0.15, -0.1) is 0 Å². The van der Waals surface area contributed by atoms with Gasteiger partial charge < -0.3 is 9.64 Å². The molecule has 0 aliphatic carbocycles. The van der Waals surface area contributed by atoms with Crippen LogP contribution >= 0.6 is 0 Å². The number of piperazine rings is 1. The second-order valence-corrected chi connectivity index (χ2v) is 7.36. The molecule has 1 aromatic carbocycles. The van der Waals surface area contributed by atoms with Crippen LogP contribution in [0.2, 0.25) is 0 Å². The number of aromatic nitrogens is 2. The molecule has 3 heterocycles. The van der Waals surface area contributed by atoms with Gasteiger partial charge in [-0.05, 0) is 18.9 Å². The van der Waals surface area contributed by atoms with Crippen molar-refractivity contribution in [2.24, 2.45) is 0 Å². The van der Waals surface area contributed by atoms with Crippen LogP contribution < -0.4 is 4.90 Å². The maximum absolute atomic E-state index is 5.53. The van der Waals surface area contributed by atoms with Gasteiger partial charge in [0.05, 0.1) is 12.3 Å². The third-order valence-corrected chi connectivity index (χ3v) is 5.36. The van der Waals surface area contributed by atoms with Crippen molar-refractivity contribution in [2.45, 2.75) is 19.3 Å². The maximum Gasteiger partial charge on any atom is 0.132 e. The molecule has 0 unspecified atom stereocenters. The molecule has 0 bridgehead atoms. The Bertz CT molecular complexity index is 763. The smallest absolute Gasteiger partial charge is 0.132 e. The Balaban J connectivity index is 1.33. The first-order chi connectivity index (χ1) is 13.3. The number of nitrogens with zero attached hydrogens (tertiary/aromatic N) is 4. The van der Waals surface area contributed by atoms with Crippen LogP contribution in [-0.4, -0.2) is 60.8 Å². The summed E-state index contributed by atoms with van der Waals surface area (Å²) in [5, 5.41) is 0. The number of anilines is 1. The van der Waals surface area contributed by atoms with Crippen LogP contribution in [-0.2, 0) is 4.74 Å². The Morgan fingerprint density at radius 2 is 1.93 bits per heavy atom. The fraction of sp³-hybridized carbons (Fsp3) is 0.455. The van der Waals surface area contributed by atoms with E-state index >= 15 is 0 Å². The van der Waals surface area contributed by atoms with Gasteiger partial charge in [0, 0.05) is 51.3 Å². The molecule has 2 aliphatic heterocycles. The highest BCUT2D eigenvalue weighted by atomic mass is 16.5. The summed E-state index contributed by atoms with van der Waals surface area (Å²) in [7, 11) is 0. The first-order valence-electron chi connectivity index (χ1n) is 9.90. The number of rotatable bonds is 5. The predicted molar refractivity (Wildman–Crippen MR) is 109 cm³/mol. The number of hydrogen-bond acceptors (Lipinski definition) is 5. The first kappa shape index (κ1) is 18.1. The highest BCUT2D eigenvalue weighted by Gasteiger charge is 2.23. The van der Waals surface area contributed by atoms with Crippen molar-refractivity contribution in [1.29, 1.82) is 0 Å². The van der Waals surface area contributed by atoms with E-state index in [2.05, 4.69) is 63.3 Å². The summed E-state index contributed by atoms with van der Waals surface area (Å²) in [5.74, 6) is 2.36. The molecule has 0 radical (unpaired) electrons. The normalized spacial score (nSPS) is 21.2. The van der Waals surface area contributed by atoms with Crippen LogP contribution in [0.25, 0.3) is 6.08 Å². The third-order valence-electron chi connectivity index (χ3n) is 5.36. The average Bonchev–Trinajstić information content (AvgIpc) is 3.24. The van der Waals surface area contributed by atoms with Crippen molar-refractivity contribution >= 4 is 11.9 Å². The molecule has 5 heteroatoms. The lowest BCUT2D eigenvalue weighted by molar-refractivity contribution is 0.193. The number of ether oxygens (including phenoxy) is 1. The van der Waals surface area contributed by atoms with E-state index in [0.717, 1.165) is 69.7 Å². The molecule has 0 amide bonds. The Kier molecular flexibility index (Phi) is 5.80. The minimum Gasteiger partial charge on any atom is -0.381 e. The van der Waals surface area contributed by atoms with Gasteiger partial charge in [0.2, 0.25) is 0 Å². The lowest BCUT2D eigenvalue weighted by Crippen LogP contribution is -2.46. The average molecular weight is 364 g/mol. The van der Waals surface area contributed by atoms with E-state index in [1.165, 1.54) is 5.56 Å². The maximum atomic E-state index is 5.53. The van der Waals surface area contributed by atoms with E-state index in [1.807, 2.05) is 6.92 Å². The van der Waals surface area contributed by atoms with Gasteiger partial charge in [-0.1, -0.05) is 42.5 Å². The van der Waals surface area contributed by atoms with Crippen molar-refractivity contribution in [3.05, 3.63) is 59.6 Å². The summed E-state index contributed by atoms with van der Waals surface area (Å²) in [6.07, 6.45) is 5.53. The van der Waals surface area contributed by atoms with Crippen LogP contribution in [0, 0.1) is 6.92 Å². The Hall–Kier alpha value is -2.24. The second-order valence-electron chi connectivity index (χ2n) is 7.36. The van der Waals surface area contributed by atoms with Gasteiger partial charge in [-0.3, -0.25) is 4.90 Å². The standard InChI is InChI=1S/C22H28N4O/c1-18-23-21(20-9-15-27-17-20)16-22(24-18)26-13-11-25(12-14-26)10-5-8-19-6-3-2-4-7-19/h2-8,16,20H,9-15,17H2,1H3/b8-5+/t20-/m1/s1. The topological polar surface area (TPSA) is 41.5 Å². The van der Waals surface area contributed by atoms with Crippen LogP contribution in [0.4, 0.5) is 5.82 Å². The highest BCUT2D eigenvalue weighted by Crippen LogP contribution is 2.26. The van der Waals surface area contributed by atoms with E-state index in [1.54, 1.807) is 0 Å². The zero-order valence-corrected chi connectivity index (χ0v) is 16.1. The molecule has 2 saturated heterocycles. The van der Waals surface area contributed by atoms with Gasteiger partial charge in [-0.2, -0.15) is 0 Å². The Labute approximate surface area is 161 Å². The fourth-order valence-corrected chi connectivity index (χ4v) is 3.77. The molecular formula is C22H28N4O. The zero-order chi connectivity index (χ0) is 18.5. The zero-order valence-electron chi connectivity index (χ0n) is 16.1. The van der Waals surface area contributed by atoms with E-state index in [4.69, 9.17) is 9.72 Å². The van der Waals surface area contributed by atoms with Crippen LogP contribution in [0.3, 0.4) is 0 Å². The molecule has 2 aliphatic rings. The summed E-state index contributed by atoms with van der Waals surface area (Å²) in [6, 6.07) is 12.7. The Morgan fingerprint density at radius 3 is 2.67 bits per heavy atom. The van der Waals surface area contributed by atoms with Crippen molar-refractivity contribution < 1.29 is 4.74 Å². The molecule has 27 heavy (non-hydrogen) atoms.